The summed E-state index contributed by atoms with van der Waals surface area (Å²) in [6, 6.07) is 10.6. The molecule has 1 amide bonds. The summed E-state index contributed by atoms with van der Waals surface area (Å²) in [6.45, 7) is 7.17. The molecule has 1 aromatic heterocycles. The van der Waals surface area contributed by atoms with E-state index >= 15 is 0 Å². The Labute approximate surface area is 173 Å². The van der Waals surface area contributed by atoms with Crippen LogP contribution in [-0.4, -0.2) is 16.9 Å². The molecule has 2 aliphatic rings. The molecular formula is C24H31N3O2. The zero-order chi connectivity index (χ0) is 20.6. The molecule has 3 unspecified atom stereocenters. The summed E-state index contributed by atoms with van der Waals surface area (Å²) in [6.07, 6.45) is 7.47. The van der Waals surface area contributed by atoms with E-state index in [1.54, 1.807) is 12.1 Å². The van der Waals surface area contributed by atoms with Crippen molar-refractivity contribution in [3.05, 3.63) is 53.2 Å². The monoisotopic (exact) mass is 393 g/mol. The van der Waals surface area contributed by atoms with Gasteiger partial charge in [0.25, 0.3) is 0 Å². The molecule has 154 valence electrons. The van der Waals surface area contributed by atoms with E-state index in [1.807, 2.05) is 6.07 Å². The Morgan fingerprint density at radius 1 is 1.24 bits per heavy atom. The number of rotatable bonds is 5. The van der Waals surface area contributed by atoms with Crippen molar-refractivity contribution < 1.29 is 9.53 Å². The fourth-order valence-electron chi connectivity index (χ4n) is 5.30. The van der Waals surface area contributed by atoms with E-state index in [4.69, 9.17) is 10.5 Å². The molecule has 1 aromatic carbocycles. The Balaban J connectivity index is 1.43. The van der Waals surface area contributed by atoms with Gasteiger partial charge in [0.1, 0.15) is 5.75 Å². The van der Waals surface area contributed by atoms with Crippen LogP contribution in [-0.2, 0) is 6.42 Å². The molecule has 3 N–H and O–H groups in total. The second kappa shape index (κ2) is 7.79. The van der Waals surface area contributed by atoms with Crippen molar-refractivity contribution in [3.8, 4) is 11.6 Å². The molecule has 5 heteroatoms. The Morgan fingerprint density at radius 3 is 2.76 bits per heavy atom. The van der Waals surface area contributed by atoms with Gasteiger partial charge in [-0.05, 0) is 72.8 Å². The molecule has 1 heterocycles. The van der Waals surface area contributed by atoms with Crippen LogP contribution < -0.4 is 15.8 Å². The zero-order valence-electron chi connectivity index (χ0n) is 17.6. The number of carbonyl (C=O) groups is 1. The summed E-state index contributed by atoms with van der Waals surface area (Å²) in [5, 5.41) is 3.95. The van der Waals surface area contributed by atoms with E-state index in [1.165, 1.54) is 36.6 Å². The summed E-state index contributed by atoms with van der Waals surface area (Å²) < 4.78 is 5.88. The first kappa shape index (κ1) is 19.9. The molecule has 3 atom stereocenters. The maximum absolute atomic E-state index is 11.2. The average molecular weight is 394 g/mol. The first-order valence-corrected chi connectivity index (χ1v) is 10.6. The lowest BCUT2D eigenvalue weighted by Crippen LogP contribution is -2.41. The topological polar surface area (TPSA) is 77.2 Å². The van der Waals surface area contributed by atoms with Crippen LogP contribution in [0.15, 0.2) is 36.5 Å². The highest BCUT2D eigenvalue weighted by Gasteiger charge is 2.34. The predicted molar refractivity (Wildman–Crippen MR) is 114 cm³/mol. The Morgan fingerprint density at radius 2 is 2.07 bits per heavy atom. The average Bonchev–Trinajstić information content (AvgIpc) is 3.02. The van der Waals surface area contributed by atoms with Crippen molar-refractivity contribution >= 4 is 5.91 Å². The zero-order valence-corrected chi connectivity index (χ0v) is 17.6. The van der Waals surface area contributed by atoms with E-state index in [9.17, 15) is 4.79 Å². The maximum atomic E-state index is 11.2. The highest BCUT2D eigenvalue weighted by Crippen LogP contribution is 2.41. The lowest BCUT2D eigenvalue weighted by atomic mass is 9.70. The molecule has 4 rings (SSSR count). The smallest absolute Gasteiger partial charge is 0.250 e. The van der Waals surface area contributed by atoms with E-state index in [0.717, 1.165) is 24.5 Å². The second-order valence-corrected chi connectivity index (χ2v) is 9.58. The van der Waals surface area contributed by atoms with Crippen molar-refractivity contribution in [2.75, 3.05) is 0 Å². The van der Waals surface area contributed by atoms with Crippen LogP contribution in [0.2, 0.25) is 0 Å². The third kappa shape index (κ3) is 4.61. The number of nitrogens with one attached hydrogen (secondary N) is 1. The van der Waals surface area contributed by atoms with E-state index in [-0.39, 0.29) is 0 Å². The van der Waals surface area contributed by atoms with Gasteiger partial charge in [-0.3, -0.25) is 4.79 Å². The first-order valence-electron chi connectivity index (χ1n) is 10.6. The fourth-order valence-corrected chi connectivity index (χ4v) is 5.30. The van der Waals surface area contributed by atoms with Crippen molar-refractivity contribution in [1.29, 1.82) is 0 Å². The molecule has 0 radical (unpaired) electrons. The number of fused-ring (bicyclic) bond motifs is 1. The molecule has 2 aliphatic carbocycles. The van der Waals surface area contributed by atoms with Gasteiger partial charge in [-0.1, -0.05) is 26.8 Å². The normalized spacial score (nSPS) is 25.4. The minimum atomic E-state index is -0.490. The highest BCUT2D eigenvalue weighted by atomic mass is 16.5. The van der Waals surface area contributed by atoms with Crippen molar-refractivity contribution in [2.24, 2.45) is 17.1 Å². The van der Waals surface area contributed by atoms with Gasteiger partial charge in [0.15, 0.2) is 0 Å². The lowest BCUT2D eigenvalue weighted by molar-refractivity contribution is 0.1000. The van der Waals surface area contributed by atoms with Gasteiger partial charge < -0.3 is 15.8 Å². The Bertz CT molecular complexity index is 891. The number of aromatic nitrogens is 1. The van der Waals surface area contributed by atoms with E-state index in [0.29, 0.717) is 28.9 Å². The highest BCUT2D eigenvalue weighted by molar-refractivity contribution is 5.92. The van der Waals surface area contributed by atoms with E-state index < -0.39 is 5.91 Å². The molecule has 29 heavy (non-hydrogen) atoms. The molecule has 0 spiro atoms. The predicted octanol–water partition coefficient (Wildman–Crippen LogP) is 4.76. The van der Waals surface area contributed by atoms with Gasteiger partial charge in [0.2, 0.25) is 11.8 Å². The number of hydrogen-bond donors (Lipinski definition) is 2. The first-order chi connectivity index (χ1) is 13.8. The molecule has 0 bridgehead atoms. The molecule has 0 saturated heterocycles. The number of hydrogen-bond acceptors (Lipinski definition) is 4. The van der Waals surface area contributed by atoms with Gasteiger partial charge >= 0.3 is 0 Å². The number of nitrogens with two attached hydrogens (primary N) is 1. The maximum Gasteiger partial charge on any atom is 0.250 e. The van der Waals surface area contributed by atoms with Gasteiger partial charge in [-0.25, -0.2) is 4.98 Å². The molecule has 0 aliphatic heterocycles. The number of primary amides is 1. The third-order valence-electron chi connectivity index (χ3n) is 6.26. The van der Waals surface area contributed by atoms with Crippen LogP contribution in [0.3, 0.4) is 0 Å². The Kier molecular flexibility index (Phi) is 5.34. The SMILES string of the molecule is CC1CC(NC2CCc3cc(Oc4ccc(C(N)=O)cn4)ccc32)CC(C)(C)C1. The van der Waals surface area contributed by atoms with Gasteiger partial charge in [0.05, 0.1) is 5.56 Å². The summed E-state index contributed by atoms with van der Waals surface area (Å²) in [5.74, 6) is 1.52. The number of amides is 1. The molecule has 2 aromatic rings. The third-order valence-corrected chi connectivity index (χ3v) is 6.26. The van der Waals surface area contributed by atoms with E-state index in [2.05, 4.69) is 43.2 Å². The minimum absolute atomic E-state index is 0.375. The number of carbonyl (C=O) groups excluding carboxylic acids is 1. The number of nitrogens with zero attached hydrogens (tertiary/aromatic N) is 1. The summed E-state index contributed by atoms with van der Waals surface area (Å²) in [5.41, 5.74) is 8.79. The molecule has 1 saturated carbocycles. The standard InChI is InChI=1S/C24H31N3O2/c1-15-10-18(13-24(2,3)12-15)27-21-8-4-16-11-19(6-7-20(16)21)29-22-9-5-17(14-26-22)23(25)28/h5-7,9,11,14-15,18,21,27H,4,8,10,12-13H2,1-3H3,(H2,25,28). The Hall–Kier alpha value is -2.40. The number of pyridine rings is 1. The fraction of sp³-hybridized carbons (Fsp3) is 0.500. The molecular weight excluding hydrogens is 362 g/mol. The number of aryl methyl sites for hydroxylation is 1. The minimum Gasteiger partial charge on any atom is -0.439 e. The van der Waals surface area contributed by atoms with Crippen LogP contribution in [0, 0.1) is 11.3 Å². The van der Waals surface area contributed by atoms with Gasteiger partial charge in [0, 0.05) is 24.3 Å². The number of benzene rings is 1. The number of ether oxygens (including phenoxy) is 1. The van der Waals surface area contributed by atoms with Crippen molar-refractivity contribution in [1.82, 2.24) is 10.3 Å². The van der Waals surface area contributed by atoms with Crippen LogP contribution in [0.25, 0.3) is 0 Å². The second-order valence-electron chi connectivity index (χ2n) is 9.58. The van der Waals surface area contributed by atoms with Crippen LogP contribution in [0.5, 0.6) is 11.6 Å². The lowest BCUT2D eigenvalue weighted by Gasteiger charge is -2.40. The van der Waals surface area contributed by atoms with Crippen LogP contribution in [0.4, 0.5) is 0 Å². The van der Waals surface area contributed by atoms with Crippen LogP contribution >= 0.6 is 0 Å². The van der Waals surface area contributed by atoms with Crippen molar-refractivity contribution in [2.45, 2.75) is 65.0 Å². The summed E-state index contributed by atoms with van der Waals surface area (Å²) >= 11 is 0. The van der Waals surface area contributed by atoms with Gasteiger partial charge in [-0.15, -0.1) is 0 Å². The summed E-state index contributed by atoms with van der Waals surface area (Å²) in [7, 11) is 0. The molecule has 1 fully saturated rings. The summed E-state index contributed by atoms with van der Waals surface area (Å²) in [4.78, 5) is 15.3. The van der Waals surface area contributed by atoms with Crippen molar-refractivity contribution in [3.63, 3.8) is 0 Å². The largest absolute Gasteiger partial charge is 0.439 e. The van der Waals surface area contributed by atoms with Gasteiger partial charge in [-0.2, -0.15) is 0 Å². The molecule has 5 nitrogen and oxygen atoms in total. The quantitative estimate of drug-likeness (QED) is 0.767. The van der Waals surface area contributed by atoms with Crippen LogP contribution in [0.1, 0.15) is 74.0 Å².